The Bertz CT molecular complexity index is 891. The van der Waals surface area contributed by atoms with E-state index >= 15 is 0 Å². The number of amides is 1. The summed E-state index contributed by atoms with van der Waals surface area (Å²) in [4.78, 5) is 24.7. The minimum absolute atomic E-state index is 0.0885. The summed E-state index contributed by atoms with van der Waals surface area (Å²) in [7, 11) is 0. The Morgan fingerprint density at radius 2 is 1.50 bits per heavy atom. The zero-order valence-corrected chi connectivity index (χ0v) is 21.4. The number of aromatic nitrogens is 2. The highest BCUT2D eigenvalue weighted by Gasteiger charge is 2.14. The summed E-state index contributed by atoms with van der Waals surface area (Å²) in [5, 5.41) is 7.30. The first kappa shape index (κ1) is 27.8. The molecule has 0 spiro atoms. The Kier molecular flexibility index (Phi) is 14.0. The highest BCUT2D eigenvalue weighted by atomic mass is 35.5. The Balaban J connectivity index is 1.52. The topological polar surface area (TPSA) is 64.0 Å². The number of carbonyl (C=O) groups is 2. The molecular weight excluding hydrogens is 446 g/mol. The van der Waals surface area contributed by atoms with Crippen molar-refractivity contribution in [2.24, 2.45) is 0 Å². The maximum absolute atomic E-state index is 12.4. The van der Waals surface area contributed by atoms with Gasteiger partial charge in [0.1, 0.15) is 0 Å². The Morgan fingerprint density at radius 1 is 0.882 bits per heavy atom. The summed E-state index contributed by atoms with van der Waals surface area (Å²) >= 11 is 6.07. The van der Waals surface area contributed by atoms with Crippen molar-refractivity contribution in [3.8, 4) is 0 Å². The van der Waals surface area contributed by atoms with Gasteiger partial charge in [0, 0.05) is 12.6 Å². The third kappa shape index (κ3) is 11.1. The van der Waals surface area contributed by atoms with Crippen LogP contribution in [-0.2, 0) is 0 Å². The van der Waals surface area contributed by atoms with Gasteiger partial charge in [0.15, 0.2) is 5.69 Å². The van der Waals surface area contributed by atoms with Gasteiger partial charge < -0.3 is 5.32 Å². The average molecular weight is 486 g/mol. The van der Waals surface area contributed by atoms with Crippen LogP contribution in [0.15, 0.2) is 48.7 Å². The highest BCUT2D eigenvalue weighted by molar-refractivity contribution is 6.33. The zero-order chi connectivity index (χ0) is 24.4. The number of allylic oxidation sites excluding steroid dienone is 2. The number of hydrogen-bond donors (Lipinski definition) is 1. The molecule has 1 amide bonds. The summed E-state index contributed by atoms with van der Waals surface area (Å²) in [5.74, 6) is -0.477. The standard InChI is InChI=1S/C28H40ClN3O2/c1-2-3-4-5-6-7-8-9-10-11-12-13-14-15-16-21-27(33)32-23-22-26(31-32)28(34)30-25-20-18-17-19-24(25)29/h9-10,17-20,22-23H,2-8,11-16,21H2,1H3,(H,30,34)/b10-9-. The molecule has 0 saturated carbocycles. The van der Waals surface area contributed by atoms with Crippen molar-refractivity contribution in [3.05, 3.63) is 59.4 Å². The first-order valence-electron chi connectivity index (χ1n) is 12.9. The fraction of sp³-hybridized carbons (Fsp3) is 0.536. The number of nitrogens with zero attached hydrogens (tertiary/aromatic N) is 2. The van der Waals surface area contributed by atoms with Crippen LogP contribution in [-0.4, -0.2) is 21.6 Å². The lowest BCUT2D eigenvalue weighted by Gasteiger charge is -2.05. The van der Waals surface area contributed by atoms with Crippen LogP contribution in [0.25, 0.3) is 0 Å². The third-order valence-electron chi connectivity index (χ3n) is 5.85. The number of nitrogens with one attached hydrogen (secondary N) is 1. The number of para-hydroxylation sites is 1. The molecule has 0 fully saturated rings. The fourth-order valence-corrected chi connectivity index (χ4v) is 3.98. The minimum Gasteiger partial charge on any atom is -0.319 e. The minimum atomic E-state index is -0.388. The number of hydrogen-bond acceptors (Lipinski definition) is 3. The van der Waals surface area contributed by atoms with E-state index in [2.05, 4.69) is 29.5 Å². The molecule has 0 unspecified atom stereocenters. The number of anilines is 1. The molecule has 0 saturated heterocycles. The molecular formula is C28H40ClN3O2. The Morgan fingerprint density at radius 3 is 2.18 bits per heavy atom. The van der Waals surface area contributed by atoms with Gasteiger partial charge in [-0.1, -0.05) is 94.2 Å². The molecule has 0 radical (unpaired) electrons. The summed E-state index contributed by atoms with van der Waals surface area (Å²) in [6.45, 7) is 2.26. The van der Waals surface area contributed by atoms with Gasteiger partial charge in [0.25, 0.3) is 5.91 Å². The van der Waals surface area contributed by atoms with Crippen LogP contribution in [0.4, 0.5) is 5.69 Å². The van der Waals surface area contributed by atoms with Crippen LogP contribution in [0.1, 0.15) is 112 Å². The molecule has 0 bridgehead atoms. The maximum atomic E-state index is 12.4. The number of carbonyl (C=O) groups excluding carboxylic acids is 2. The quantitative estimate of drug-likeness (QED) is 0.180. The van der Waals surface area contributed by atoms with Crippen LogP contribution in [0.2, 0.25) is 5.02 Å². The van der Waals surface area contributed by atoms with E-state index in [0.717, 1.165) is 25.7 Å². The first-order valence-corrected chi connectivity index (χ1v) is 13.3. The van der Waals surface area contributed by atoms with Gasteiger partial charge in [-0.3, -0.25) is 9.59 Å². The van der Waals surface area contributed by atoms with Gasteiger partial charge >= 0.3 is 0 Å². The summed E-state index contributed by atoms with van der Waals surface area (Å²) < 4.78 is 1.26. The zero-order valence-electron chi connectivity index (χ0n) is 20.6. The molecule has 2 aromatic rings. The van der Waals surface area contributed by atoms with Gasteiger partial charge in [-0.25, -0.2) is 4.68 Å². The van der Waals surface area contributed by atoms with E-state index in [4.69, 9.17) is 11.6 Å². The average Bonchev–Trinajstić information content (AvgIpc) is 3.33. The van der Waals surface area contributed by atoms with Crippen LogP contribution in [0.3, 0.4) is 0 Å². The summed E-state index contributed by atoms with van der Waals surface area (Å²) in [6, 6.07) is 8.55. The lowest BCUT2D eigenvalue weighted by atomic mass is 10.1. The molecule has 1 aromatic heterocycles. The van der Waals surface area contributed by atoms with Crippen LogP contribution in [0.5, 0.6) is 0 Å². The fourth-order valence-electron chi connectivity index (χ4n) is 3.79. The lowest BCUT2D eigenvalue weighted by Crippen LogP contribution is -2.16. The Hall–Kier alpha value is -2.40. The molecule has 6 heteroatoms. The van der Waals surface area contributed by atoms with Crippen molar-refractivity contribution >= 4 is 29.1 Å². The van der Waals surface area contributed by atoms with E-state index in [1.807, 2.05) is 0 Å². The predicted molar refractivity (Wildman–Crippen MR) is 142 cm³/mol. The van der Waals surface area contributed by atoms with Crippen LogP contribution < -0.4 is 5.32 Å². The smallest absolute Gasteiger partial charge is 0.276 e. The number of rotatable bonds is 17. The summed E-state index contributed by atoms with van der Waals surface area (Å²) in [6.07, 6.45) is 22.6. The van der Waals surface area contributed by atoms with Crippen molar-refractivity contribution in [2.75, 3.05) is 5.32 Å². The van der Waals surface area contributed by atoms with E-state index < -0.39 is 0 Å². The highest BCUT2D eigenvalue weighted by Crippen LogP contribution is 2.21. The lowest BCUT2D eigenvalue weighted by molar-refractivity contribution is 0.0882. The number of benzene rings is 1. The van der Waals surface area contributed by atoms with E-state index in [-0.39, 0.29) is 17.5 Å². The summed E-state index contributed by atoms with van der Waals surface area (Å²) in [5.41, 5.74) is 0.709. The largest absolute Gasteiger partial charge is 0.319 e. The Labute approximate surface area is 210 Å². The molecule has 0 aliphatic rings. The monoisotopic (exact) mass is 485 g/mol. The van der Waals surface area contributed by atoms with E-state index in [1.54, 1.807) is 36.5 Å². The van der Waals surface area contributed by atoms with Crippen molar-refractivity contribution in [3.63, 3.8) is 0 Å². The number of halogens is 1. The second-order valence-electron chi connectivity index (χ2n) is 8.81. The molecule has 1 N–H and O–H groups in total. The van der Waals surface area contributed by atoms with Gasteiger partial charge in [0.05, 0.1) is 10.7 Å². The van der Waals surface area contributed by atoms with Gasteiger partial charge in [0.2, 0.25) is 5.91 Å². The maximum Gasteiger partial charge on any atom is 0.276 e. The molecule has 0 aliphatic carbocycles. The molecule has 1 aromatic carbocycles. The van der Waals surface area contributed by atoms with E-state index in [0.29, 0.717) is 17.1 Å². The van der Waals surface area contributed by atoms with Crippen molar-refractivity contribution in [1.82, 2.24) is 9.78 Å². The normalized spacial score (nSPS) is 11.2. The molecule has 186 valence electrons. The molecule has 0 aliphatic heterocycles. The molecule has 5 nitrogen and oxygen atoms in total. The molecule has 34 heavy (non-hydrogen) atoms. The van der Waals surface area contributed by atoms with Gasteiger partial charge in [-0.05, 0) is 50.3 Å². The van der Waals surface area contributed by atoms with Crippen molar-refractivity contribution < 1.29 is 9.59 Å². The van der Waals surface area contributed by atoms with E-state index in [1.165, 1.54) is 62.5 Å². The van der Waals surface area contributed by atoms with Gasteiger partial charge in [-0.15, -0.1) is 0 Å². The third-order valence-corrected chi connectivity index (χ3v) is 6.18. The second kappa shape index (κ2) is 17.1. The van der Waals surface area contributed by atoms with Crippen LogP contribution >= 0.6 is 11.6 Å². The number of unbranched alkanes of at least 4 members (excludes halogenated alkanes) is 11. The van der Waals surface area contributed by atoms with Gasteiger partial charge in [-0.2, -0.15) is 5.10 Å². The first-order chi connectivity index (χ1) is 16.6. The molecule has 1 heterocycles. The second-order valence-corrected chi connectivity index (χ2v) is 9.21. The van der Waals surface area contributed by atoms with E-state index in [9.17, 15) is 9.59 Å². The molecule has 0 atom stereocenters. The SMILES string of the molecule is CCCCCCCC/C=C\CCCCCCCC(=O)n1ccc(C(=O)Nc2ccccc2Cl)n1. The predicted octanol–water partition coefficient (Wildman–Crippen LogP) is 8.47. The van der Waals surface area contributed by atoms with Crippen LogP contribution in [0, 0.1) is 0 Å². The van der Waals surface area contributed by atoms with Crippen molar-refractivity contribution in [2.45, 2.75) is 96.8 Å². The van der Waals surface area contributed by atoms with Crippen molar-refractivity contribution in [1.29, 1.82) is 0 Å². The molecule has 2 rings (SSSR count).